The number of hydrogen-bond acceptors (Lipinski definition) is 6. The summed E-state index contributed by atoms with van der Waals surface area (Å²) in [6.45, 7) is 3.75. The van der Waals surface area contributed by atoms with E-state index in [1.807, 2.05) is 26.0 Å². The van der Waals surface area contributed by atoms with E-state index in [0.29, 0.717) is 22.7 Å². The van der Waals surface area contributed by atoms with Gasteiger partial charge in [0.25, 0.3) is 11.1 Å². The number of rotatable bonds is 4. The summed E-state index contributed by atoms with van der Waals surface area (Å²) in [6, 6.07) is 10.8. The minimum atomic E-state index is -0.493. The fourth-order valence-electron chi connectivity index (χ4n) is 2.95. The summed E-state index contributed by atoms with van der Waals surface area (Å²) in [5.74, 6) is 0.303. The number of anilines is 1. The summed E-state index contributed by atoms with van der Waals surface area (Å²) in [5.41, 5.74) is 3.49. The lowest BCUT2D eigenvalue weighted by molar-refractivity contribution is -0.127. The number of amides is 3. The Balaban J connectivity index is 1.45. The molecule has 0 saturated carbocycles. The summed E-state index contributed by atoms with van der Waals surface area (Å²) >= 11 is 0.809. The Kier molecular flexibility index (Phi) is 5.02. The molecular formula is C21H18N2O5S. The molecule has 2 aromatic rings. The molecule has 0 atom stereocenters. The summed E-state index contributed by atoms with van der Waals surface area (Å²) < 4.78 is 10.6. The van der Waals surface area contributed by atoms with Crippen LogP contribution < -0.4 is 14.8 Å². The van der Waals surface area contributed by atoms with Crippen LogP contribution in [-0.2, 0) is 9.59 Å². The lowest BCUT2D eigenvalue weighted by atomic mass is 10.1. The Morgan fingerprint density at radius 3 is 2.69 bits per heavy atom. The zero-order valence-electron chi connectivity index (χ0n) is 15.9. The molecule has 1 fully saturated rings. The fraction of sp³-hybridized carbons (Fsp3) is 0.190. The van der Waals surface area contributed by atoms with Gasteiger partial charge in [-0.25, -0.2) is 0 Å². The van der Waals surface area contributed by atoms with Crippen LogP contribution in [0.1, 0.15) is 16.7 Å². The maximum Gasteiger partial charge on any atom is 0.294 e. The highest BCUT2D eigenvalue weighted by molar-refractivity contribution is 8.18. The molecule has 4 rings (SSSR count). The topological polar surface area (TPSA) is 84.9 Å². The Morgan fingerprint density at radius 2 is 1.90 bits per heavy atom. The number of nitrogens with one attached hydrogen (secondary N) is 1. The zero-order chi connectivity index (χ0) is 20.5. The normalized spacial score (nSPS) is 16.6. The first kappa shape index (κ1) is 19.1. The van der Waals surface area contributed by atoms with Crippen LogP contribution in [0, 0.1) is 13.8 Å². The van der Waals surface area contributed by atoms with Gasteiger partial charge in [0.05, 0.1) is 4.91 Å². The van der Waals surface area contributed by atoms with Crippen LogP contribution in [0.3, 0.4) is 0 Å². The molecule has 1 saturated heterocycles. The molecule has 0 spiro atoms. The fourth-order valence-corrected chi connectivity index (χ4v) is 3.79. The van der Waals surface area contributed by atoms with Gasteiger partial charge in [-0.05, 0) is 72.6 Å². The SMILES string of the molecule is Cc1ccc(NC(=O)CN2C(=O)S/C(=C/c3ccc4c(c3)OCO4)C2=O)cc1C. The number of imide groups is 1. The molecule has 0 unspecified atom stereocenters. The number of benzene rings is 2. The lowest BCUT2D eigenvalue weighted by Gasteiger charge is -2.13. The van der Waals surface area contributed by atoms with Crippen molar-refractivity contribution in [2.24, 2.45) is 0 Å². The van der Waals surface area contributed by atoms with Crippen LogP contribution in [0.2, 0.25) is 0 Å². The van der Waals surface area contributed by atoms with Gasteiger partial charge in [-0.1, -0.05) is 12.1 Å². The number of carbonyl (C=O) groups excluding carboxylic acids is 3. The van der Waals surface area contributed by atoms with Gasteiger partial charge in [-0.15, -0.1) is 0 Å². The number of carbonyl (C=O) groups is 3. The minimum absolute atomic E-state index is 0.158. The van der Waals surface area contributed by atoms with E-state index >= 15 is 0 Å². The van der Waals surface area contributed by atoms with E-state index in [2.05, 4.69) is 5.32 Å². The second-order valence-corrected chi connectivity index (χ2v) is 7.72. The van der Waals surface area contributed by atoms with Crippen molar-refractivity contribution in [3.63, 3.8) is 0 Å². The van der Waals surface area contributed by atoms with Crippen LogP contribution >= 0.6 is 11.8 Å². The Bertz CT molecular complexity index is 1060. The van der Waals surface area contributed by atoms with Crippen molar-refractivity contribution in [3.8, 4) is 11.5 Å². The average Bonchev–Trinajstić information content (AvgIpc) is 3.24. The second-order valence-electron chi connectivity index (χ2n) is 6.73. The van der Waals surface area contributed by atoms with Gasteiger partial charge in [0.1, 0.15) is 6.54 Å². The first-order chi connectivity index (χ1) is 13.9. The molecule has 2 aliphatic rings. The molecule has 7 nitrogen and oxygen atoms in total. The van der Waals surface area contributed by atoms with Crippen molar-refractivity contribution in [2.45, 2.75) is 13.8 Å². The van der Waals surface area contributed by atoms with Crippen molar-refractivity contribution in [1.29, 1.82) is 0 Å². The zero-order valence-corrected chi connectivity index (χ0v) is 16.7. The highest BCUT2D eigenvalue weighted by Crippen LogP contribution is 2.36. The van der Waals surface area contributed by atoms with Gasteiger partial charge in [-0.3, -0.25) is 19.3 Å². The van der Waals surface area contributed by atoms with Gasteiger partial charge >= 0.3 is 0 Å². The van der Waals surface area contributed by atoms with E-state index in [1.165, 1.54) is 0 Å². The maximum atomic E-state index is 12.6. The predicted octanol–water partition coefficient (Wildman–Crippen LogP) is 3.71. The molecule has 0 bridgehead atoms. The summed E-state index contributed by atoms with van der Waals surface area (Å²) in [5, 5.41) is 2.25. The second kappa shape index (κ2) is 7.63. The van der Waals surface area contributed by atoms with Gasteiger partial charge < -0.3 is 14.8 Å². The number of fused-ring (bicyclic) bond motifs is 1. The molecule has 3 amide bonds. The smallest absolute Gasteiger partial charge is 0.294 e. The first-order valence-electron chi connectivity index (χ1n) is 8.93. The molecule has 0 aliphatic carbocycles. The van der Waals surface area contributed by atoms with Crippen LogP contribution in [-0.4, -0.2) is 35.3 Å². The molecule has 0 aromatic heterocycles. The monoisotopic (exact) mass is 410 g/mol. The van der Waals surface area contributed by atoms with Crippen LogP contribution in [0.15, 0.2) is 41.3 Å². The van der Waals surface area contributed by atoms with Gasteiger partial charge in [0.2, 0.25) is 12.7 Å². The van der Waals surface area contributed by atoms with Crippen molar-refractivity contribution in [1.82, 2.24) is 4.90 Å². The standard InChI is InChI=1S/C21H18N2O5S/c1-12-3-5-15(7-13(12)2)22-19(24)10-23-20(25)18(29-21(23)26)9-14-4-6-16-17(8-14)28-11-27-16/h3-9H,10-11H2,1-2H3,(H,22,24)/b18-9+. The molecule has 2 aromatic carbocycles. The summed E-state index contributed by atoms with van der Waals surface area (Å²) in [7, 11) is 0. The van der Waals surface area contributed by atoms with E-state index < -0.39 is 17.1 Å². The van der Waals surface area contributed by atoms with E-state index in [-0.39, 0.29) is 18.2 Å². The highest BCUT2D eigenvalue weighted by Gasteiger charge is 2.36. The van der Waals surface area contributed by atoms with Gasteiger partial charge in [0.15, 0.2) is 11.5 Å². The van der Waals surface area contributed by atoms with Crippen molar-refractivity contribution >= 4 is 40.6 Å². The van der Waals surface area contributed by atoms with Crippen molar-refractivity contribution < 1.29 is 23.9 Å². The highest BCUT2D eigenvalue weighted by atomic mass is 32.2. The molecule has 0 radical (unpaired) electrons. The third kappa shape index (κ3) is 3.97. The van der Waals surface area contributed by atoms with E-state index in [0.717, 1.165) is 27.8 Å². The predicted molar refractivity (Wildman–Crippen MR) is 110 cm³/mol. The minimum Gasteiger partial charge on any atom is -0.454 e. The maximum absolute atomic E-state index is 12.6. The number of hydrogen-bond donors (Lipinski definition) is 1. The lowest BCUT2D eigenvalue weighted by Crippen LogP contribution is -2.36. The van der Waals surface area contributed by atoms with E-state index in [1.54, 1.807) is 30.3 Å². The van der Waals surface area contributed by atoms with Crippen LogP contribution in [0.4, 0.5) is 10.5 Å². The third-order valence-corrected chi connectivity index (χ3v) is 5.57. The molecule has 1 N–H and O–H groups in total. The molecular weight excluding hydrogens is 392 g/mol. The molecule has 2 aliphatic heterocycles. The third-order valence-electron chi connectivity index (χ3n) is 4.66. The van der Waals surface area contributed by atoms with Crippen molar-refractivity contribution in [3.05, 3.63) is 58.0 Å². The quantitative estimate of drug-likeness (QED) is 0.774. The van der Waals surface area contributed by atoms with Crippen LogP contribution in [0.25, 0.3) is 6.08 Å². The molecule has 8 heteroatoms. The number of nitrogens with zero attached hydrogens (tertiary/aromatic N) is 1. The van der Waals surface area contributed by atoms with Crippen LogP contribution in [0.5, 0.6) is 11.5 Å². The molecule has 29 heavy (non-hydrogen) atoms. The average molecular weight is 410 g/mol. The number of aryl methyl sites for hydroxylation is 2. The van der Waals surface area contributed by atoms with E-state index in [4.69, 9.17) is 9.47 Å². The van der Waals surface area contributed by atoms with Gasteiger partial charge in [-0.2, -0.15) is 0 Å². The number of ether oxygens (including phenoxy) is 2. The molecule has 148 valence electrons. The van der Waals surface area contributed by atoms with E-state index in [9.17, 15) is 14.4 Å². The Labute approximate surface area is 171 Å². The first-order valence-corrected chi connectivity index (χ1v) is 9.74. The Hall–Kier alpha value is -3.26. The van der Waals surface area contributed by atoms with Gasteiger partial charge in [0, 0.05) is 5.69 Å². The summed E-state index contributed by atoms with van der Waals surface area (Å²) in [4.78, 5) is 38.4. The molecule has 2 heterocycles. The largest absolute Gasteiger partial charge is 0.454 e. The number of thioether (sulfide) groups is 1. The summed E-state index contributed by atoms with van der Waals surface area (Å²) in [6.07, 6.45) is 1.61. The Morgan fingerprint density at radius 1 is 1.10 bits per heavy atom. The van der Waals surface area contributed by atoms with Crippen molar-refractivity contribution in [2.75, 3.05) is 18.7 Å².